The van der Waals surface area contributed by atoms with Gasteiger partial charge in [0, 0.05) is 36.7 Å². The van der Waals surface area contributed by atoms with Gasteiger partial charge in [-0.05, 0) is 50.0 Å². The molecule has 0 spiro atoms. The molecular formula is C18H22ClN3O3. The molecule has 1 atom stereocenters. The third kappa shape index (κ3) is 3.12. The quantitative estimate of drug-likeness (QED) is 0.643. The lowest BCUT2D eigenvalue weighted by Crippen LogP contribution is -2.58. The number of rotatable bonds is 3. The van der Waals surface area contributed by atoms with E-state index in [-0.39, 0.29) is 24.2 Å². The van der Waals surface area contributed by atoms with Crippen LogP contribution in [0, 0.1) is 5.92 Å². The Morgan fingerprint density at radius 3 is 2.60 bits per heavy atom. The van der Waals surface area contributed by atoms with Crippen LogP contribution in [0.4, 0.5) is 0 Å². The number of phenolic OH excluding ortho intramolecular Hbond substituents is 1. The number of hydrogen-bond acceptors (Lipinski definition) is 4. The summed E-state index contributed by atoms with van der Waals surface area (Å²) in [6, 6.07) is 4.91. The highest BCUT2D eigenvalue weighted by Crippen LogP contribution is 2.28. The summed E-state index contributed by atoms with van der Waals surface area (Å²) >= 11 is 0. The van der Waals surface area contributed by atoms with E-state index >= 15 is 0 Å². The molecule has 0 saturated carbocycles. The molecule has 7 heteroatoms. The molecule has 3 aliphatic heterocycles. The van der Waals surface area contributed by atoms with Crippen molar-refractivity contribution in [2.24, 2.45) is 13.0 Å². The second-order valence-electron chi connectivity index (χ2n) is 6.90. The summed E-state index contributed by atoms with van der Waals surface area (Å²) in [4.78, 5) is 27.5. The number of ketones is 1. The monoisotopic (exact) mass is 363 g/mol. The Kier molecular flexibility index (Phi) is 4.75. The van der Waals surface area contributed by atoms with E-state index in [0.29, 0.717) is 16.9 Å². The number of aryl methyl sites for hydroxylation is 1. The molecule has 25 heavy (non-hydrogen) atoms. The first-order valence-electron chi connectivity index (χ1n) is 8.38. The van der Waals surface area contributed by atoms with Crippen molar-refractivity contribution in [1.29, 1.82) is 0 Å². The maximum Gasteiger partial charge on any atom is 0.292 e. The Morgan fingerprint density at radius 1 is 1.24 bits per heavy atom. The van der Waals surface area contributed by atoms with E-state index in [9.17, 15) is 14.7 Å². The fourth-order valence-electron chi connectivity index (χ4n) is 4.05. The summed E-state index contributed by atoms with van der Waals surface area (Å²) in [5.41, 5.74) is 1.15. The molecule has 4 heterocycles. The van der Waals surface area contributed by atoms with Crippen LogP contribution < -0.4 is 5.32 Å². The van der Waals surface area contributed by atoms with E-state index in [4.69, 9.17) is 0 Å². The predicted molar refractivity (Wildman–Crippen MR) is 97.3 cm³/mol. The first-order chi connectivity index (χ1) is 11.5. The number of nitrogens with one attached hydrogen (secondary N) is 1. The summed E-state index contributed by atoms with van der Waals surface area (Å²) < 4.78 is 1.80. The molecule has 134 valence electrons. The molecule has 2 aromatic rings. The maximum absolute atomic E-state index is 12.6. The minimum absolute atomic E-state index is 0. The lowest BCUT2D eigenvalue weighted by atomic mass is 9.84. The Morgan fingerprint density at radius 2 is 1.96 bits per heavy atom. The highest BCUT2D eigenvalue weighted by molar-refractivity contribution is 6.45. The van der Waals surface area contributed by atoms with E-state index < -0.39 is 11.7 Å². The molecule has 1 aromatic heterocycles. The number of piperidine rings is 3. The predicted octanol–water partition coefficient (Wildman–Crippen LogP) is 1.70. The number of benzene rings is 1. The first-order valence-corrected chi connectivity index (χ1v) is 8.38. The lowest BCUT2D eigenvalue weighted by Gasteiger charge is -2.44. The fourth-order valence-corrected chi connectivity index (χ4v) is 4.05. The van der Waals surface area contributed by atoms with E-state index in [2.05, 4.69) is 10.2 Å². The van der Waals surface area contributed by atoms with Gasteiger partial charge in [0.15, 0.2) is 0 Å². The van der Waals surface area contributed by atoms with Crippen molar-refractivity contribution >= 4 is 35.0 Å². The minimum atomic E-state index is -0.551. The fraction of sp³-hybridized carbons (Fsp3) is 0.444. The van der Waals surface area contributed by atoms with Gasteiger partial charge in [0.2, 0.25) is 0 Å². The minimum Gasteiger partial charge on any atom is -0.508 e. The smallest absolute Gasteiger partial charge is 0.292 e. The zero-order chi connectivity index (χ0) is 16.8. The SMILES string of the molecule is Cl.Cn1cc(C(=O)C(=O)N[C@H]2CN3CCC2CC3)c2cc(O)ccc21. The maximum atomic E-state index is 12.6. The standard InChI is InChI=1S/C18H21N3O3.ClH/c1-20-9-14(13-8-12(22)2-3-16(13)20)17(23)18(24)19-15-10-21-6-4-11(15)5-7-21;/h2-3,8-9,11,15,22H,4-7,10H2,1H3,(H,19,24);1H/t15-;/m0./s1. The van der Waals surface area contributed by atoms with Gasteiger partial charge < -0.3 is 19.9 Å². The van der Waals surface area contributed by atoms with Crippen LogP contribution in [0.3, 0.4) is 0 Å². The van der Waals surface area contributed by atoms with Crippen molar-refractivity contribution in [3.8, 4) is 5.75 Å². The number of hydrogen-bond donors (Lipinski definition) is 2. The van der Waals surface area contributed by atoms with E-state index in [1.165, 1.54) is 6.07 Å². The Hall–Kier alpha value is -2.05. The molecule has 2 bridgehead atoms. The average Bonchev–Trinajstić information content (AvgIpc) is 2.91. The van der Waals surface area contributed by atoms with Crippen LogP contribution in [0.1, 0.15) is 23.2 Å². The van der Waals surface area contributed by atoms with Gasteiger partial charge in [-0.25, -0.2) is 0 Å². The number of Topliss-reactive ketones (excluding diaryl/α,β-unsaturated/α-hetero) is 1. The normalized spacial score (nSPS) is 24.8. The van der Waals surface area contributed by atoms with Gasteiger partial charge in [-0.2, -0.15) is 0 Å². The highest BCUT2D eigenvalue weighted by Gasteiger charge is 2.36. The van der Waals surface area contributed by atoms with Crippen molar-refractivity contribution in [2.45, 2.75) is 18.9 Å². The summed E-state index contributed by atoms with van der Waals surface area (Å²) in [6.07, 6.45) is 3.82. The van der Waals surface area contributed by atoms with Gasteiger partial charge in [-0.1, -0.05) is 0 Å². The number of aromatic nitrogens is 1. The molecule has 3 fully saturated rings. The van der Waals surface area contributed by atoms with Crippen LogP contribution in [-0.2, 0) is 11.8 Å². The third-order valence-corrected chi connectivity index (χ3v) is 5.40. The molecule has 5 rings (SSSR count). The first kappa shape index (κ1) is 17.8. The number of nitrogens with zero attached hydrogens (tertiary/aromatic N) is 2. The molecule has 3 aliphatic rings. The van der Waals surface area contributed by atoms with Gasteiger partial charge in [-0.15, -0.1) is 12.4 Å². The Bertz CT molecular complexity index is 824. The molecule has 6 nitrogen and oxygen atoms in total. The van der Waals surface area contributed by atoms with Crippen LogP contribution >= 0.6 is 12.4 Å². The Labute approximate surface area is 152 Å². The van der Waals surface area contributed by atoms with Gasteiger partial charge in [0.25, 0.3) is 11.7 Å². The largest absolute Gasteiger partial charge is 0.508 e. The summed E-state index contributed by atoms with van der Waals surface area (Å²) in [7, 11) is 1.82. The topological polar surface area (TPSA) is 74.6 Å². The van der Waals surface area contributed by atoms with Crippen molar-refractivity contribution in [2.75, 3.05) is 19.6 Å². The zero-order valence-corrected chi connectivity index (χ0v) is 14.9. The molecule has 1 aromatic carbocycles. The number of carbonyl (C=O) groups is 2. The number of carbonyl (C=O) groups excluding carboxylic acids is 2. The van der Waals surface area contributed by atoms with Gasteiger partial charge >= 0.3 is 0 Å². The second-order valence-corrected chi connectivity index (χ2v) is 6.90. The molecule has 0 aliphatic carbocycles. The van der Waals surface area contributed by atoms with E-state index in [1.54, 1.807) is 22.9 Å². The summed E-state index contributed by atoms with van der Waals surface area (Å²) in [5, 5.41) is 13.2. The van der Waals surface area contributed by atoms with Gasteiger partial charge in [-0.3, -0.25) is 9.59 Å². The van der Waals surface area contributed by atoms with Gasteiger partial charge in [0.05, 0.1) is 5.56 Å². The molecule has 0 radical (unpaired) electrons. The van der Waals surface area contributed by atoms with E-state index in [1.807, 2.05) is 7.05 Å². The van der Waals surface area contributed by atoms with Crippen molar-refractivity contribution in [3.05, 3.63) is 30.0 Å². The number of aromatic hydroxyl groups is 1. The van der Waals surface area contributed by atoms with Crippen LogP contribution in [-0.4, -0.2) is 51.9 Å². The zero-order valence-electron chi connectivity index (χ0n) is 14.1. The summed E-state index contributed by atoms with van der Waals surface area (Å²) in [6.45, 7) is 3.02. The molecular weight excluding hydrogens is 342 g/mol. The van der Waals surface area contributed by atoms with Crippen molar-refractivity contribution in [1.82, 2.24) is 14.8 Å². The van der Waals surface area contributed by atoms with Gasteiger partial charge in [0.1, 0.15) is 5.75 Å². The number of amides is 1. The van der Waals surface area contributed by atoms with Crippen LogP contribution in [0.15, 0.2) is 24.4 Å². The Balaban J connectivity index is 0.00000182. The molecule has 0 unspecified atom stereocenters. The van der Waals surface area contributed by atoms with Crippen molar-refractivity contribution < 1.29 is 14.7 Å². The van der Waals surface area contributed by atoms with Crippen LogP contribution in [0.2, 0.25) is 0 Å². The third-order valence-electron chi connectivity index (χ3n) is 5.40. The van der Waals surface area contributed by atoms with Crippen molar-refractivity contribution in [3.63, 3.8) is 0 Å². The number of phenols is 1. The molecule has 1 amide bonds. The van der Waals surface area contributed by atoms with E-state index in [0.717, 1.165) is 38.0 Å². The lowest BCUT2D eigenvalue weighted by molar-refractivity contribution is -0.119. The highest BCUT2D eigenvalue weighted by atomic mass is 35.5. The number of halogens is 1. The molecule has 3 saturated heterocycles. The molecule has 2 N–H and O–H groups in total. The second kappa shape index (κ2) is 6.69. The van der Waals surface area contributed by atoms with Crippen LogP contribution in [0.25, 0.3) is 10.9 Å². The summed E-state index contributed by atoms with van der Waals surface area (Å²) in [5.74, 6) is -0.531. The van der Waals surface area contributed by atoms with Crippen LogP contribution in [0.5, 0.6) is 5.75 Å². The number of fused-ring (bicyclic) bond motifs is 4. The average molecular weight is 364 g/mol.